The van der Waals surface area contributed by atoms with Crippen molar-refractivity contribution in [1.82, 2.24) is 4.90 Å². The van der Waals surface area contributed by atoms with E-state index in [-0.39, 0.29) is 23.7 Å². The predicted molar refractivity (Wildman–Crippen MR) is 126 cm³/mol. The number of benzene rings is 2. The monoisotopic (exact) mass is 485 g/mol. The number of amides is 1. The molecule has 2 aromatic carbocycles. The van der Waals surface area contributed by atoms with E-state index in [0.29, 0.717) is 29.4 Å². The molecule has 0 spiro atoms. The molecule has 0 radical (unpaired) electrons. The van der Waals surface area contributed by atoms with Gasteiger partial charge < -0.3 is 14.7 Å². The molecule has 1 amide bonds. The molecule has 1 atom stereocenters. The SMILES string of the molecule is CCOc1cc(/C(O)=C2/C(=O)C(=O)N(CCc3ccc(F)cc3)C2c2cccs2)ccc1Cl. The lowest BCUT2D eigenvalue weighted by molar-refractivity contribution is -0.139. The van der Waals surface area contributed by atoms with Crippen LogP contribution in [0, 0.1) is 5.82 Å². The van der Waals surface area contributed by atoms with E-state index in [4.69, 9.17) is 16.3 Å². The molecule has 4 rings (SSSR count). The second-order valence-electron chi connectivity index (χ2n) is 7.46. The van der Waals surface area contributed by atoms with Crippen molar-refractivity contribution in [2.24, 2.45) is 0 Å². The van der Waals surface area contributed by atoms with Gasteiger partial charge in [-0.05, 0) is 60.7 Å². The first-order chi connectivity index (χ1) is 15.9. The fourth-order valence-electron chi connectivity index (χ4n) is 3.83. The van der Waals surface area contributed by atoms with Crippen LogP contribution in [-0.4, -0.2) is 34.8 Å². The number of Topliss-reactive ketones (excluding diaryl/α,β-unsaturated/α-hetero) is 1. The number of ketones is 1. The van der Waals surface area contributed by atoms with E-state index < -0.39 is 17.7 Å². The first-order valence-electron chi connectivity index (χ1n) is 10.4. The van der Waals surface area contributed by atoms with E-state index in [0.717, 1.165) is 10.4 Å². The fraction of sp³-hybridized carbons (Fsp3) is 0.200. The maximum Gasteiger partial charge on any atom is 0.295 e. The van der Waals surface area contributed by atoms with Crippen LogP contribution in [-0.2, 0) is 16.0 Å². The van der Waals surface area contributed by atoms with Crippen LogP contribution in [0.1, 0.15) is 29.0 Å². The van der Waals surface area contributed by atoms with Crippen molar-refractivity contribution in [2.75, 3.05) is 13.2 Å². The molecule has 0 saturated carbocycles. The van der Waals surface area contributed by atoms with Crippen LogP contribution in [0.15, 0.2) is 65.6 Å². The van der Waals surface area contributed by atoms with Crippen LogP contribution in [0.3, 0.4) is 0 Å². The molecule has 5 nitrogen and oxygen atoms in total. The zero-order chi connectivity index (χ0) is 23.5. The van der Waals surface area contributed by atoms with E-state index in [9.17, 15) is 19.1 Å². The van der Waals surface area contributed by atoms with Gasteiger partial charge in [0.25, 0.3) is 11.7 Å². The van der Waals surface area contributed by atoms with E-state index in [1.54, 1.807) is 30.3 Å². The Bertz CT molecular complexity index is 1210. The summed E-state index contributed by atoms with van der Waals surface area (Å²) in [4.78, 5) is 28.3. The molecule has 0 aliphatic carbocycles. The van der Waals surface area contributed by atoms with Crippen molar-refractivity contribution in [3.63, 3.8) is 0 Å². The third kappa shape index (κ3) is 4.65. The van der Waals surface area contributed by atoms with Crippen LogP contribution in [0.25, 0.3) is 5.76 Å². The lowest BCUT2D eigenvalue weighted by Crippen LogP contribution is -2.31. The quantitative estimate of drug-likeness (QED) is 0.268. The van der Waals surface area contributed by atoms with Gasteiger partial charge >= 0.3 is 0 Å². The summed E-state index contributed by atoms with van der Waals surface area (Å²) >= 11 is 7.55. The summed E-state index contributed by atoms with van der Waals surface area (Å²) in [6.07, 6.45) is 0.435. The molecule has 1 N–H and O–H groups in total. The Kier molecular flexibility index (Phi) is 6.81. The van der Waals surface area contributed by atoms with Crippen molar-refractivity contribution in [3.8, 4) is 5.75 Å². The Morgan fingerprint density at radius 1 is 1.18 bits per heavy atom. The first kappa shape index (κ1) is 23.0. The minimum absolute atomic E-state index is 0.0197. The van der Waals surface area contributed by atoms with Gasteiger partial charge in [0.15, 0.2) is 0 Å². The van der Waals surface area contributed by atoms with Gasteiger partial charge in [0.05, 0.1) is 23.2 Å². The Balaban J connectivity index is 1.73. The average Bonchev–Trinajstić information content (AvgIpc) is 3.42. The molecular formula is C25H21ClFNO4S. The van der Waals surface area contributed by atoms with E-state index >= 15 is 0 Å². The molecule has 2 heterocycles. The molecular weight excluding hydrogens is 465 g/mol. The molecule has 1 fully saturated rings. The maximum atomic E-state index is 13.2. The van der Waals surface area contributed by atoms with Crippen LogP contribution in [0.4, 0.5) is 4.39 Å². The zero-order valence-corrected chi connectivity index (χ0v) is 19.3. The van der Waals surface area contributed by atoms with Gasteiger partial charge in [-0.2, -0.15) is 0 Å². The van der Waals surface area contributed by atoms with Gasteiger partial charge in [0.2, 0.25) is 0 Å². The van der Waals surface area contributed by atoms with E-state index in [2.05, 4.69) is 0 Å². The van der Waals surface area contributed by atoms with E-state index in [1.807, 2.05) is 24.4 Å². The summed E-state index contributed by atoms with van der Waals surface area (Å²) in [6, 6.07) is 13.7. The number of thiophene rings is 1. The molecule has 1 aliphatic heterocycles. The van der Waals surface area contributed by atoms with E-state index in [1.165, 1.54) is 28.4 Å². The normalized spacial score (nSPS) is 17.5. The summed E-state index contributed by atoms with van der Waals surface area (Å²) in [7, 11) is 0. The lowest BCUT2D eigenvalue weighted by atomic mass is 9.99. The maximum absolute atomic E-state index is 13.2. The Hall–Kier alpha value is -3.16. The molecule has 170 valence electrons. The highest BCUT2D eigenvalue weighted by molar-refractivity contribution is 7.10. The molecule has 0 bridgehead atoms. The molecule has 1 aromatic heterocycles. The van der Waals surface area contributed by atoms with Crippen molar-refractivity contribution in [3.05, 3.63) is 92.4 Å². The van der Waals surface area contributed by atoms with Crippen molar-refractivity contribution in [2.45, 2.75) is 19.4 Å². The van der Waals surface area contributed by atoms with Gasteiger partial charge in [-0.15, -0.1) is 11.3 Å². The number of hydrogen-bond donors (Lipinski definition) is 1. The average molecular weight is 486 g/mol. The highest BCUT2D eigenvalue weighted by Crippen LogP contribution is 2.41. The summed E-state index contributed by atoms with van der Waals surface area (Å²) in [6.45, 7) is 2.43. The number of rotatable bonds is 7. The van der Waals surface area contributed by atoms with Gasteiger partial charge in [-0.3, -0.25) is 9.59 Å². The number of carbonyl (C=O) groups excluding carboxylic acids is 2. The van der Waals surface area contributed by atoms with Gasteiger partial charge in [0, 0.05) is 17.0 Å². The smallest absolute Gasteiger partial charge is 0.295 e. The lowest BCUT2D eigenvalue weighted by Gasteiger charge is -2.24. The number of aliphatic hydroxyl groups is 1. The third-order valence-corrected chi connectivity index (χ3v) is 6.65. The molecule has 3 aromatic rings. The third-order valence-electron chi connectivity index (χ3n) is 5.41. The van der Waals surface area contributed by atoms with Crippen LogP contribution in [0.5, 0.6) is 5.75 Å². The summed E-state index contributed by atoms with van der Waals surface area (Å²) in [5, 5.41) is 13.4. The zero-order valence-electron chi connectivity index (χ0n) is 17.8. The Morgan fingerprint density at radius 3 is 2.61 bits per heavy atom. The van der Waals surface area contributed by atoms with Gasteiger partial charge in [-0.25, -0.2) is 4.39 Å². The number of halogens is 2. The minimum Gasteiger partial charge on any atom is -0.507 e. The predicted octanol–water partition coefficient (Wildman–Crippen LogP) is 5.60. The number of hydrogen-bond acceptors (Lipinski definition) is 5. The topological polar surface area (TPSA) is 66.8 Å². The van der Waals surface area contributed by atoms with Gasteiger partial charge in [0.1, 0.15) is 17.3 Å². The van der Waals surface area contributed by atoms with Crippen molar-refractivity contribution >= 4 is 40.4 Å². The number of likely N-dealkylation sites (tertiary alicyclic amines) is 1. The summed E-state index contributed by atoms with van der Waals surface area (Å²) in [5.41, 5.74) is 1.19. The molecule has 8 heteroatoms. The second-order valence-corrected chi connectivity index (χ2v) is 8.85. The van der Waals surface area contributed by atoms with Crippen LogP contribution in [0.2, 0.25) is 5.02 Å². The molecule has 1 unspecified atom stereocenters. The Morgan fingerprint density at radius 2 is 1.94 bits per heavy atom. The first-order valence-corrected chi connectivity index (χ1v) is 11.7. The summed E-state index contributed by atoms with van der Waals surface area (Å²) in [5.74, 6) is -1.68. The number of ether oxygens (including phenoxy) is 1. The molecule has 1 saturated heterocycles. The van der Waals surface area contributed by atoms with Crippen LogP contribution < -0.4 is 4.74 Å². The minimum atomic E-state index is -0.752. The van der Waals surface area contributed by atoms with Gasteiger partial charge in [-0.1, -0.05) is 29.8 Å². The molecule has 1 aliphatic rings. The second kappa shape index (κ2) is 9.77. The largest absolute Gasteiger partial charge is 0.507 e. The van der Waals surface area contributed by atoms with Crippen molar-refractivity contribution < 1.29 is 23.8 Å². The standard InChI is InChI=1S/C25H21ClFNO4S/c1-2-32-19-14-16(7-10-18(19)26)23(29)21-22(20-4-3-13-33-20)28(25(31)24(21)30)12-11-15-5-8-17(27)9-6-15/h3-10,13-14,22,29H,2,11-12H2,1H3/b23-21-. The van der Waals surface area contributed by atoms with Crippen molar-refractivity contribution in [1.29, 1.82) is 0 Å². The molecule has 33 heavy (non-hydrogen) atoms. The number of nitrogens with zero attached hydrogens (tertiary/aromatic N) is 1. The highest BCUT2D eigenvalue weighted by atomic mass is 35.5. The number of carbonyl (C=O) groups is 2. The summed E-state index contributed by atoms with van der Waals surface area (Å²) < 4.78 is 18.7. The Labute approximate surface area is 199 Å². The highest BCUT2D eigenvalue weighted by Gasteiger charge is 2.46. The fourth-order valence-corrected chi connectivity index (χ4v) is 4.84. The van der Waals surface area contributed by atoms with Crippen LogP contribution >= 0.6 is 22.9 Å². The number of aliphatic hydroxyl groups excluding tert-OH is 1.